The van der Waals surface area contributed by atoms with Crippen molar-refractivity contribution in [3.05, 3.63) is 51.7 Å². The first-order chi connectivity index (χ1) is 11.4. The Morgan fingerprint density at radius 3 is 2.46 bits per heavy atom. The first-order valence-electron chi connectivity index (χ1n) is 7.39. The smallest absolute Gasteiger partial charge is 0.261 e. The molecule has 2 amide bonds. The lowest BCUT2D eigenvalue weighted by Crippen LogP contribution is -2.34. The number of likely N-dealkylation sites (N-methyl/N-ethyl adjacent to an activating group) is 1. The number of hydrogen-bond donors (Lipinski definition) is 2. The number of thiophene rings is 1. The lowest BCUT2D eigenvalue weighted by Gasteiger charge is -2.25. The number of nitrogens with one attached hydrogen (secondary N) is 1. The van der Waals surface area contributed by atoms with Crippen molar-refractivity contribution in [2.45, 2.75) is 6.04 Å². The molecule has 24 heavy (non-hydrogen) atoms. The molecule has 1 aromatic carbocycles. The van der Waals surface area contributed by atoms with E-state index in [2.05, 4.69) is 5.32 Å². The molecule has 2 rings (SSSR count). The Kier molecular flexibility index (Phi) is 5.94. The van der Waals surface area contributed by atoms with E-state index in [0.29, 0.717) is 17.0 Å². The van der Waals surface area contributed by atoms with Gasteiger partial charge in [0.25, 0.3) is 5.91 Å². The van der Waals surface area contributed by atoms with Crippen LogP contribution in [0.15, 0.2) is 35.7 Å². The van der Waals surface area contributed by atoms with Crippen LogP contribution < -0.4 is 15.8 Å². The van der Waals surface area contributed by atoms with Crippen molar-refractivity contribution in [3.63, 3.8) is 0 Å². The Morgan fingerprint density at radius 1 is 1.29 bits per heavy atom. The van der Waals surface area contributed by atoms with E-state index in [4.69, 9.17) is 10.5 Å². The van der Waals surface area contributed by atoms with Gasteiger partial charge in [0.2, 0.25) is 5.91 Å². The fraction of sp³-hybridized carbons (Fsp3) is 0.294. The number of amides is 2. The van der Waals surface area contributed by atoms with Crippen LogP contribution in [0.5, 0.6) is 5.75 Å². The van der Waals surface area contributed by atoms with E-state index >= 15 is 0 Å². The Morgan fingerprint density at radius 2 is 1.96 bits per heavy atom. The number of nitrogens with zero attached hydrogens (tertiary/aromatic N) is 1. The van der Waals surface area contributed by atoms with Crippen LogP contribution in [0.3, 0.4) is 0 Å². The fourth-order valence-corrected chi connectivity index (χ4v) is 3.10. The number of nitrogens with two attached hydrogens (primary N) is 1. The molecule has 1 unspecified atom stereocenters. The van der Waals surface area contributed by atoms with Crippen molar-refractivity contribution in [3.8, 4) is 5.75 Å². The number of rotatable bonds is 7. The van der Waals surface area contributed by atoms with Gasteiger partial charge in [0.15, 0.2) is 0 Å². The molecule has 1 aromatic heterocycles. The third-order valence-corrected chi connectivity index (χ3v) is 4.62. The summed E-state index contributed by atoms with van der Waals surface area (Å²) >= 11 is 1.20. The van der Waals surface area contributed by atoms with E-state index in [1.807, 2.05) is 43.3 Å². The van der Waals surface area contributed by atoms with E-state index in [1.54, 1.807) is 12.5 Å². The van der Waals surface area contributed by atoms with Gasteiger partial charge in [-0.2, -0.15) is 0 Å². The minimum absolute atomic E-state index is 0.0235. The van der Waals surface area contributed by atoms with Crippen LogP contribution in [-0.2, 0) is 0 Å². The van der Waals surface area contributed by atoms with Crippen molar-refractivity contribution < 1.29 is 14.3 Å². The van der Waals surface area contributed by atoms with E-state index in [9.17, 15) is 9.59 Å². The molecule has 0 aliphatic heterocycles. The lowest BCUT2D eigenvalue weighted by molar-refractivity contribution is 0.0946. The summed E-state index contributed by atoms with van der Waals surface area (Å²) in [6.45, 7) is 0.446. The molecular formula is C17H21N3O3S. The molecule has 6 nitrogen and oxygen atoms in total. The Hall–Kier alpha value is -2.38. The highest BCUT2D eigenvalue weighted by atomic mass is 32.1. The van der Waals surface area contributed by atoms with E-state index in [0.717, 1.165) is 11.3 Å². The standard InChI is InChI=1S/C17H21N3O3S/c1-20(2)14(11-4-6-13(23-3)7-5-11)9-19-17(22)15-8-12(10-24-15)16(18)21/h4-8,10,14H,9H2,1-3H3,(H2,18,21)(H,19,22). The van der Waals surface area contributed by atoms with Gasteiger partial charge in [0.05, 0.1) is 23.6 Å². The van der Waals surface area contributed by atoms with Gasteiger partial charge in [-0.05, 0) is 37.9 Å². The second-order valence-electron chi connectivity index (χ2n) is 5.53. The minimum Gasteiger partial charge on any atom is -0.497 e. The lowest BCUT2D eigenvalue weighted by atomic mass is 10.1. The summed E-state index contributed by atoms with van der Waals surface area (Å²) in [4.78, 5) is 25.9. The zero-order valence-corrected chi connectivity index (χ0v) is 14.7. The molecule has 1 atom stereocenters. The molecule has 128 valence electrons. The fourth-order valence-electron chi connectivity index (χ4n) is 2.29. The topological polar surface area (TPSA) is 84.7 Å². The molecule has 0 saturated carbocycles. The van der Waals surface area contributed by atoms with Crippen molar-refractivity contribution in [2.75, 3.05) is 27.7 Å². The van der Waals surface area contributed by atoms with Crippen LogP contribution >= 0.6 is 11.3 Å². The van der Waals surface area contributed by atoms with Crippen molar-refractivity contribution in [1.82, 2.24) is 10.2 Å². The van der Waals surface area contributed by atoms with Gasteiger partial charge >= 0.3 is 0 Å². The SMILES string of the molecule is COc1ccc(C(CNC(=O)c2cc(C(N)=O)cs2)N(C)C)cc1. The second kappa shape index (κ2) is 7.94. The van der Waals surface area contributed by atoms with E-state index in [1.165, 1.54) is 17.4 Å². The predicted molar refractivity (Wildman–Crippen MR) is 94.6 cm³/mol. The van der Waals surface area contributed by atoms with Crippen molar-refractivity contribution in [2.24, 2.45) is 5.73 Å². The zero-order valence-electron chi connectivity index (χ0n) is 13.9. The Bertz CT molecular complexity index is 710. The molecule has 1 heterocycles. The predicted octanol–water partition coefficient (Wildman–Crippen LogP) is 1.89. The number of benzene rings is 1. The summed E-state index contributed by atoms with van der Waals surface area (Å²) in [5.41, 5.74) is 6.63. The molecule has 0 aliphatic carbocycles. The normalized spacial score (nSPS) is 12.0. The highest BCUT2D eigenvalue weighted by Crippen LogP contribution is 2.21. The third-order valence-electron chi connectivity index (χ3n) is 3.69. The molecule has 0 bridgehead atoms. The molecule has 0 spiro atoms. The van der Waals surface area contributed by atoms with Crippen LogP contribution in [0.2, 0.25) is 0 Å². The second-order valence-corrected chi connectivity index (χ2v) is 6.44. The van der Waals surface area contributed by atoms with Gasteiger partial charge in [0.1, 0.15) is 5.75 Å². The van der Waals surface area contributed by atoms with E-state index in [-0.39, 0.29) is 11.9 Å². The van der Waals surface area contributed by atoms with Gasteiger partial charge in [0, 0.05) is 11.9 Å². The maximum atomic E-state index is 12.2. The minimum atomic E-state index is -0.533. The maximum absolute atomic E-state index is 12.2. The van der Waals surface area contributed by atoms with Crippen LogP contribution in [0.1, 0.15) is 31.6 Å². The highest BCUT2D eigenvalue weighted by Gasteiger charge is 2.17. The number of carbonyl (C=O) groups excluding carboxylic acids is 2. The van der Waals surface area contributed by atoms with Crippen LogP contribution in [-0.4, -0.2) is 44.5 Å². The van der Waals surface area contributed by atoms with Crippen LogP contribution in [0.4, 0.5) is 0 Å². The number of hydrogen-bond acceptors (Lipinski definition) is 5. The van der Waals surface area contributed by atoms with E-state index < -0.39 is 5.91 Å². The Balaban J connectivity index is 2.04. The number of primary amides is 1. The van der Waals surface area contributed by atoms with Gasteiger partial charge in [-0.25, -0.2) is 0 Å². The molecule has 2 aromatic rings. The summed E-state index contributed by atoms with van der Waals surface area (Å²) < 4.78 is 5.17. The highest BCUT2D eigenvalue weighted by molar-refractivity contribution is 7.12. The average Bonchev–Trinajstić information content (AvgIpc) is 3.05. The first-order valence-corrected chi connectivity index (χ1v) is 8.27. The van der Waals surface area contributed by atoms with Crippen molar-refractivity contribution in [1.29, 1.82) is 0 Å². The third kappa shape index (κ3) is 4.33. The monoisotopic (exact) mass is 347 g/mol. The quantitative estimate of drug-likeness (QED) is 0.801. The summed E-state index contributed by atoms with van der Waals surface area (Å²) in [5, 5.41) is 4.49. The average molecular weight is 347 g/mol. The molecule has 7 heteroatoms. The van der Waals surface area contributed by atoms with Crippen LogP contribution in [0.25, 0.3) is 0 Å². The summed E-state index contributed by atoms with van der Waals surface area (Å²) in [7, 11) is 5.54. The van der Waals surface area contributed by atoms with Gasteiger partial charge in [-0.3, -0.25) is 9.59 Å². The molecule has 0 radical (unpaired) electrons. The number of methoxy groups -OCH3 is 1. The molecule has 0 aliphatic rings. The Labute approximate surface area is 145 Å². The summed E-state index contributed by atoms with van der Waals surface area (Å²) in [5.74, 6) is 0.0421. The van der Waals surface area contributed by atoms with Gasteiger partial charge in [-0.15, -0.1) is 11.3 Å². The molecule has 3 N–H and O–H groups in total. The molecule has 0 fully saturated rings. The largest absolute Gasteiger partial charge is 0.497 e. The molecule has 0 saturated heterocycles. The molecular weight excluding hydrogens is 326 g/mol. The number of carbonyl (C=O) groups is 2. The maximum Gasteiger partial charge on any atom is 0.261 e. The van der Waals surface area contributed by atoms with Crippen molar-refractivity contribution >= 4 is 23.2 Å². The zero-order chi connectivity index (χ0) is 17.7. The number of ether oxygens (including phenoxy) is 1. The summed E-state index contributed by atoms with van der Waals surface area (Å²) in [6.07, 6.45) is 0. The first kappa shape index (κ1) is 18.0. The van der Waals surface area contributed by atoms with Gasteiger partial charge < -0.3 is 20.7 Å². The van der Waals surface area contributed by atoms with Gasteiger partial charge in [-0.1, -0.05) is 12.1 Å². The summed E-state index contributed by atoms with van der Waals surface area (Å²) in [6, 6.07) is 9.28. The van der Waals surface area contributed by atoms with Crippen LogP contribution in [0, 0.1) is 0 Å².